The number of nitrogens with one attached hydrogen (secondary N) is 1. The van der Waals surface area contributed by atoms with E-state index in [4.69, 9.17) is 4.74 Å². The number of hydrogen-bond acceptors (Lipinski definition) is 5. The highest BCUT2D eigenvalue weighted by atomic mass is 16.5. The minimum absolute atomic E-state index is 0.471. The Morgan fingerprint density at radius 3 is 2.41 bits per heavy atom. The predicted octanol–water partition coefficient (Wildman–Crippen LogP) is 4.84. The fourth-order valence-corrected chi connectivity index (χ4v) is 2.93. The number of carbonyl (C=O) groups is 2. The number of esters is 1. The fourth-order valence-electron chi connectivity index (χ4n) is 2.93. The molecule has 2 aromatic carbocycles. The van der Waals surface area contributed by atoms with Gasteiger partial charge in [0.25, 0.3) is 0 Å². The number of rotatable bonds is 8. The van der Waals surface area contributed by atoms with Crippen LogP contribution in [0.15, 0.2) is 66.4 Å². The first-order chi connectivity index (χ1) is 13.9. The minimum atomic E-state index is -0.843. The van der Waals surface area contributed by atoms with E-state index in [0.717, 1.165) is 11.1 Å². The molecule has 7 heteroatoms. The molecule has 0 radical (unpaired) electrons. The molecule has 2 aromatic rings. The van der Waals surface area contributed by atoms with Crippen LogP contribution in [0.3, 0.4) is 0 Å². The Balaban J connectivity index is 2.36. The lowest BCUT2D eigenvalue weighted by atomic mass is 10.1. The zero-order chi connectivity index (χ0) is 21.4. The van der Waals surface area contributed by atoms with Gasteiger partial charge in [-0.05, 0) is 49.6 Å². The summed E-state index contributed by atoms with van der Waals surface area (Å²) >= 11 is 0. The molecule has 2 amide bonds. The summed E-state index contributed by atoms with van der Waals surface area (Å²) in [5.41, 5.74) is 2.72. The molecule has 1 N–H and O–H groups in total. The van der Waals surface area contributed by atoms with E-state index < -0.39 is 24.1 Å². The Morgan fingerprint density at radius 2 is 1.83 bits per heavy atom. The van der Waals surface area contributed by atoms with Gasteiger partial charge in [-0.3, -0.25) is 4.90 Å². The molecule has 0 aliphatic heterocycles. The number of amides is 2. The topological polar surface area (TPSA) is 88.1 Å². The van der Waals surface area contributed by atoms with Crippen LogP contribution in [0.25, 0.3) is 0 Å². The highest BCUT2D eigenvalue weighted by Gasteiger charge is 2.29. The van der Waals surface area contributed by atoms with Crippen molar-refractivity contribution >= 4 is 23.4 Å². The molecule has 152 valence electrons. The highest BCUT2D eigenvalue weighted by molar-refractivity contribution is 6.06. The fraction of sp³-hybridized carbons (Fsp3) is 0.273. The third-order valence-corrected chi connectivity index (χ3v) is 4.57. The molecule has 7 nitrogen and oxygen atoms in total. The number of carbonyl (C=O) groups excluding carboxylic acids is 2. The number of ether oxygens (including phenoxy) is 1. The molecule has 0 saturated heterocycles. The number of urea groups is 1. The second kappa shape index (κ2) is 10.2. The molecule has 0 aliphatic carbocycles. The van der Waals surface area contributed by atoms with E-state index in [9.17, 15) is 14.5 Å². The van der Waals surface area contributed by atoms with Gasteiger partial charge in [-0.15, -0.1) is 6.58 Å². The van der Waals surface area contributed by atoms with Gasteiger partial charge in [-0.25, -0.2) is 9.59 Å². The first-order valence-electron chi connectivity index (χ1n) is 9.22. The zero-order valence-electron chi connectivity index (χ0n) is 16.8. The SMILES string of the molecule is C=CCc1ccccc1N(C(=O)Nc1ccc(C(C)N=O)cc1)C(C)C(=O)OC. The van der Waals surface area contributed by atoms with Crippen molar-refractivity contribution in [1.29, 1.82) is 0 Å². The molecule has 0 aromatic heterocycles. The number of benzene rings is 2. The van der Waals surface area contributed by atoms with E-state index >= 15 is 0 Å². The van der Waals surface area contributed by atoms with E-state index in [2.05, 4.69) is 17.1 Å². The molecule has 0 saturated carbocycles. The van der Waals surface area contributed by atoms with Gasteiger partial charge in [-0.1, -0.05) is 41.6 Å². The largest absolute Gasteiger partial charge is 0.467 e. The van der Waals surface area contributed by atoms with Crippen LogP contribution in [-0.2, 0) is 16.0 Å². The third kappa shape index (κ3) is 5.28. The molecule has 0 fully saturated rings. The van der Waals surface area contributed by atoms with Crippen molar-refractivity contribution in [2.45, 2.75) is 32.4 Å². The quantitative estimate of drug-likeness (QED) is 0.393. The minimum Gasteiger partial charge on any atom is -0.467 e. The van der Waals surface area contributed by atoms with Gasteiger partial charge < -0.3 is 10.1 Å². The Morgan fingerprint density at radius 1 is 1.17 bits per heavy atom. The molecule has 0 heterocycles. The number of hydrogen-bond donors (Lipinski definition) is 1. The van der Waals surface area contributed by atoms with Crippen LogP contribution in [0.5, 0.6) is 0 Å². The van der Waals surface area contributed by atoms with Gasteiger partial charge in [0.05, 0.1) is 7.11 Å². The maximum Gasteiger partial charge on any atom is 0.328 e. The lowest BCUT2D eigenvalue weighted by Gasteiger charge is -2.29. The second-order valence-electron chi connectivity index (χ2n) is 6.52. The Hall–Kier alpha value is -3.48. The molecule has 0 aliphatic rings. The molecule has 2 unspecified atom stereocenters. The van der Waals surface area contributed by atoms with Gasteiger partial charge in [0.1, 0.15) is 12.1 Å². The Kier molecular flexibility index (Phi) is 7.65. The molecule has 2 rings (SSSR count). The van der Waals surface area contributed by atoms with Crippen molar-refractivity contribution in [1.82, 2.24) is 0 Å². The van der Waals surface area contributed by atoms with Gasteiger partial charge in [0, 0.05) is 11.4 Å². The van der Waals surface area contributed by atoms with Crippen molar-refractivity contribution in [3.8, 4) is 0 Å². The van der Waals surface area contributed by atoms with E-state index in [1.165, 1.54) is 12.0 Å². The summed E-state index contributed by atoms with van der Waals surface area (Å²) in [4.78, 5) is 37.4. The standard InChI is InChI=1S/C22H25N3O4/c1-5-8-18-9-6-7-10-20(18)25(16(3)21(26)29-4)22(27)23-19-13-11-17(12-14-19)15(2)24-28/h5-7,9-16H,1,8H2,2-4H3,(H,23,27). The highest BCUT2D eigenvalue weighted by Crippen LogP contribution is 2.26. The van der Waals surface area contributed by atoms with Crippen LogP contribution >= 0.6 is 0 Å². The molecule has 2 atom stereocenters. The smallest absolute Gasteiger partial charge is 0.328 e. The molecule has 0 bridgehead atoms. The normalized spacial score (nSPS) is 12.4. The van der Waals surface area contributed by atoms with E-state index in [-0.39, 0.29) is 0 Å². The molecule has 0 spiro atoms. The monoisotopic (exact) mass is 395 g/mol. The average molecular weight is 395 g/mol. The van der Waals surface area contributed by atoms with Crippen LogP contribution < -0.4 is 10.2 Å². The van der Waals surface area contributed by atoms with Crippen LogP contribution in [-0.4, -0.2) is 25.2 Å². The summed E-state index contributed by atoms with van der Waals surface area (Å²) < 4.78 is 4.85. The third-order valence-electron chi connectivity index (χ3n) is 4.57. The van der Waals surface area contributed by atoms with Gasteiger partial charge >= 0.3 is 12.0 Å². The summed E-state index contributed by atoms with van der Waals surface area (Å²) in [6.07, 6.45) is 2.28. The van der Waals surface area contributed by atoms with Crippen molar-refractivity contribution in [2.75, 3.05) is 17.3 Å². The summed E-state index contributed by atoms with van der Waals surface area (Å²) in [5.74, 6) is -0.533. The number of allylic oxidation sites excluding steroid dienone is 1. The molecular formula is C22H25N3O4. The van der Waals surface area contributed by atoms with Crippen LogP contribution in [0, 0.1) is 4.91 Å². The zero-order valence-corrected chi connectivity index (χ0v) is 16.8. The summed E-state index contributed by atoms with van der Waals surface area (Å²) in [7, 11) is 1.28. The Labute approximate surface area is 170 Å². The van der Waals surface area contributed by atoms with E-state index in [1.807, 2.05) is 12.1 Å². The maximum atomic E-state index is 13.1. The number of methoxy groups -OCH3 is 1. The van der Waals surface area contributed by atoms with Gasteiger partial charge in [0.2, 0.25) is 0 Å². The summed E-state index contributed by atoms with van der Waals surface area (Å²) in [6, 6.07) is 12.3. The van der Waals surface area contributed by atoms with Crippen LogP contribution in [0.4, 0.5) is 16.2 Å². The van der Waals surface area contributed by atoms with Crippen LogP contribution in [0.1, 0.15) is 31.0 Å². The van der Waals surface area contributed by atoms with Crippen molar-refractivity contribution in [3.05, 3.63) is 77.2 Å². The first kappa shape index (κ1) is 21.8. The number of nitroso groups, excluding NO2 is 1. The average Bonchev–Trinajstić information content (AvgIpc) is 2.74. The lowest BCUT2D eigenvalue weighted by Crippen LogP contribution is -2.46. The summed E-state index contributed by atoms with van der Waals surface area (Å²) in [5, 5.41) is 5.79. The van der Waals surface area contributed by atoms with E-state index in [1.54, 1.807) is 56.3 Å². The predicted molar refractivity (Wildman–Crippen MR) is 114 cm³/mol. The molecular weight excluding hydrogens is 370 g/mol. The van der Waals surface area contributed by atoms with Crippen molar-refractivity contribution in [2.24, 2.45) is 5.18 Å². The first-order valence-corrected chi connectivity index (χ1v) is 9.22. The second-order valence-corrected chi connectivity index (χ2v) is 6.52. The van der Waals surface area contributed by atoms with E-state index in [0.29, 0.717) is 17.8 Å². The van der Waals surface area contributed by atoms with Crippen molar-refractivity contribution < 1.29 is 14.3 Å². The Bertz CT molecular complexity index is 880. The maximum absolute atomic E-state index is 13.1. The molecule has 29 heavy (non-hydrogen) atoms. The van der Waals surface area contributed by atoms with Crippen LogP contribution in [0.2, 0.25) is 0 Å². The van der Waals surface area contributed by atoms with Crippen molar-refractivity contribution in [3.63, 3.8) is 0 Å². The number of anilines is 2. The van der Waals surface area contributed by atoms with Gasteiger partial charge in [0.15, 0.2) is 0 Å². The summed E-state index contributed by atoms with van der Waals surface area (Å²) in [6.45, 7) is 7.05. The van der Waals surface area contributed by atoms with Gasteiger partial charge in [-0.2, -0.15) is 4.91 Å². The number of nitrogens with zero attached hydrogens (tertiary/aromatic N) is 2. The lowest BCUT2D eigenvalue weighted by molar-refractivity contribution is -0.141. The number of para-hydroxylation sites is 1.